The average molecular weight is 416 g/mol. The highest BCUT2D eigenvalue weighted by Crippen LogP contribution is 2.34. The predicted octanol–water partition coefficient (Wildman–Crippen LogP) is 3.62. The molecule has 1 aliphatic carbocycles. The molecule has 0 atom stereocenters. The van der Waals surface area contributed by atoms with Crippen LogP contribution in [0.5, 0.6) is 11.5 Å². The van der Waals surface area contributed by atoms with Crippen LogP contribution in [0.2, 0.25) is 0 Å². The Labute approximate surface area is 170 Å². The van der Waals surface area contributed by atoms with Gasteiger partial charge in [-0.05, 0) is 49.2 Å². The minimum absolute atomic E-state index is 0.0442. The first-order valence-electron chi connectivity index (χ1n) is 9.74. The van der Waals surface area contributed by atoms with Crippen molar-refractivity contribution in [2.45, 2.75) is 43.0 Å². The van der Waals surface area contributed by atoms with Crippen LogP contribution in [0.15, 0.2) is 47.4 Å². The van der Waals surface area contributed by atoms with Crippen molar-refractivity contribution in [3.05, 3.63) is 48.0 Å². The Hall–Kier alpha value is -2.58. The third kappa shape index (κ3) is 4.09. The number of carbonyl (C=O) groups is 1. The maximum absolute atomic E-state index is 12.9. The minimum atomic E-state index is -3.58. The van der Waals surface area contributed by atoms with Gasteiger partial charge in [0.25, 0.3) is 5.91 Å². The van der Waals surface area contributed by atoms with Crippen LogP contribution in [0.3, 0.4) is 0 Å². The van der Waals surface area contributed by atoms with Crippen molar-refractivity contribution in [2.75, 3.05) is 19.2 Å². The molecule has 8 heteroatoms. The largest absolute Gasteiger partial charge is 0.454 e. The van der Waals surface area contributed by atoms with Crippen molar-refractivity contribution in [1.29, 1.82) is 0 Å². The second-order valence-corrected chi connectivity index (χ2v) is 9.36. The van der Waals surface area contributed by atoms with E-state index in [1.807, 2.05) is 0 Å². The van der Waals surface area contributed by atoms with Crippen LogP contribution in [-0.2, 0) is 10.0 Å². The number of ether oxygens (including phenoxy) is 2. The lowest BCUT2D eigenvalue weighted by atomic mass is 9.96. The van der Waals surface area contributed by atoms with E-state index in [2.05, 4.69) is 5.32 Å². The molecule has 7 nitrogen and oxygen atoms in total. The normalized spacial score (nSPS) is 16.8. The van der Waals surface area contributed by atoms with Gasteiger partial charge in [0, 0.05) is 30.4 Å². The second kappa shape index (κ2) is 8.04. The lowest BCUT2D eigenvalue weighted by molar-refractivity contribution is 0.102. The van der Waals surface area contributed by atoms with E-state index in [1.165, 1.54) is 28.6 Å². The molecular formula is C21H24N2O5S. The fraction of sp³-hybridized carbons (Fsp3) is 0.381. The predicted molar refractivity (Wildman–Crippen MR) is 109 cm³/mol. The molecule has 2 aromatic carbocycles. The Morgan fingerprint density at radius 3 is 2.41 bits per heavy atom. The molecule has 1 saturated carbocycles. The van der Waals surface area contributed by atoms with Crippen LogP contribution in [0.1, 0.15) is 42.5 Å². The molecular weight excluding hydrogens is 392 g/mol. The molecule has 0 aromatic heterocycles. The number of hydrogen-bond acceptors (Lipinski definition) is 5. The number of fused-ring (bicyclic) bond motifs is 1. The number of amides is 1. The summed E-state index contributed by atoms with van der Waals surface area (Å²) in [6.07, 6.45) is 5.07. The summed E-state index contributed by atoms with van der Waals surface area (Å²) in [5.41, 5.74) is 0.954. The standard InChI is InChI=1S/C21H24N2O5S/c1-23(17-5-3-2-4-6-17)29(25,26)18-10-7-15(8-11-18)21(24)22-16-9-12-19-20(13-16)28-14-27-19/h7-13,17H,2-6,14H2,1H3,(H,22,24). The lowest BCUT2D eigenvalue weighted by Gasteiger charge is -2.30. The average Bonchev–Trinajstić information content (AvgIpc) is 3.22. The number of hydrogen-bond donors (Lipinski definition) is 1. The molecule has 0 radical (unpaired) electrons. The lowest BCUT2D eigenvalue weighted by Crippen LogP contribution is -2.38. The van der Waals surface area contributed by atoms with E-state index in [-0.39, 0.29) is 23.6 Å². The first-order chi connectivity index (χ1) is 13.9. The van der Waals surface area contributed by atoms with Gasteiger partial charge >= 0.3 is 0 Å². The molecule has 1 aliphatic heterocycles. The summed E-state index contributed by atoms with van der Waals surface area (Å²) < 4.78 is 37.9. The first-order valence-corrected chi connectivity index (χ1v) is 11.2. The Morgan fingerprint density at radius 2 is 1.69 bits per heavy atom. The maximum atomic E-state index is 12.9. The highest BCUT2D eigenvalue weighted by Gasteiger charge is 2.29. The zero-order valence-corrected chi connectivity index (χ0v) is 17.1. The maximum Gasteiger partial charge on any atom is 0.255 e. The van der Waals surface area contributed by atoms with E-state index in [0.717, 1.165) is 32.1 Å². The molecule has 0 unspecified atom stereocenters. The Kier molecular flexibility index (Phi) is 5.47. The summed E-state index contributed by atoms with van der Waals surface area (Å²) in [5.74, 6) is 0.892. The van der Waals surface area contributed by atoms with Gasteiger partial charge in [0.05, 0.1) is 4.90 Å². The number of anilines is 1. The minimum Gasteiger partial charge on any atom is -0.454 e. The van der Waals surface area contributed by atoms with E-state index < -0.39 is 10.0 Å². The summed E-state index contributed by atoms with van der Waals surface area (Å²) in [6.45, 7) is 0.165. The molecule has 0 bridgehead atoms. The highest BCUT2D eigenvalue weighted by molar-refractivity contribution is 7.89. The fourth-order valence-corrected chi connectivity index (χ4v) is 5.18. The van der Waals surface area contributed by atoms with Gasteiger partial charge in [-0.15, -0.1) is 0 Å². The quantitative estimate of drug-likeness (QED) is 0.805. The molecule has 1 amide bonds. The summed E-state index contributed by atoms with van der Waals surface area (Å²) in [7, 11) is -1.93. The van der Waals surface area contributed by atoms with Crippen LogP contribution in [0.4, 0.5) is 5.69 Å². The van der Waals surface area contributed by atoms with E-state index in [9.17, 15) is 13.2 Å². The van der Waals surface area contributed by atoms with Gasteiger partial charge in [-0.3, -0.25) is 4.79 Å². The zero-order chi connectivity index (χ0) is 20.4. The van der Waals surface area contributed by atoms with Gasteiger partial charge in [-0.25, -0.2) is 8.42 Å². The van der Waals surface area contributed by atoms with E-state index >= 15 is 0 Å². The van der Waals surface area contributed by atoms with Crippen LogP contribution < -0.4 is 14.8 Å². The van der Waals surface area contributed by atoms with Crippen molar-refractivity contribution in [3.63, 3.8) is 0 Å². The van der Waals surface area contributed by atoms with E-state index in [0.29, 0.717) is 22.7 Å². The summed E-state index contributed by atoms with van der Waals surface area (Å²) in [5, 5.41) is 2.79. The number of carbonyl (C=O) groups excluding carboxylic acids is 1. The number of sulfonamides is 1. The molecule has 2 aliphatic rings. The van der Waals surface area contributed by atoms with Gasteiger partial charge in [0.2, 0.25) is 16.8 Å². The zero-order valence-electron chi connectivity index (χ0n) is 16.3. The van der Waals surface area contributed by atoms with E-state index in [4.69, 9.17) is 9.47 Å². The third-order valence-electron chi connectivity index (χ3n) is 5.51. The van der Waals surface area contributed by atoms with Crippen LogP contribution in [0.25, 0.3) is 0 Å². The van der Waals surface area contributed by atoms with Crippen molar-refractivity contribution in [1.82, 2.24) is 4.31 Å². The van der Waals surface area contributed by atoms with Crippen LogP contribution in [-0.4, -0.2) is 38.5 Å². The van der Waals surface area contributed by atoms with Crippen molar-refractivity contribution in [3.8, 4) is 11.5 Å². The molecule has 1 fully saturated rings. The smallest absolute Gasteiger partial charge is 0.255 e. The van der Waals surface area contributed by atoms with Gasteiger partial charge in [0.15, 0.2) is 11.5 Å². The topological polar surface area (TPSA) is 84.9 Å². The monoisotopic (exact) mass is 416 g/mol. The van der Waals surface area contributed by atoms with Crippen molar-refractivity contribution >= 4 is 21.6 Å². The molecule has 4 rings (SSSR count). The molecule has 29 heavy (non-hydrogen) atoms. The molecule has 2 aromatic rings. The van der Waals surface area contributed by atoms with Crippen molar-refractivity contribution < 1.29 is 22.7 Å². The van der Waals surface area contributed by atoms with Gasteiger partial charge in [0.1, 0.15) is 0 Å². The van der Waals surface area contributed by atoms with Crippen LogP contribution >= 0.6 is 0 Å². The first kappa shape index (κ1) is 19.7. The second-order valence-electron chi connectivity index (χ2n) is 7.36. The number of nitrogens with zero attached hydrogens (tertiary/aromatic N) is 1. The van der Waals surface area contributed by atoms with Crippen molar-refractivity contribution in [2.24, 2.45) is 0 Å². The Morgan fingerprint density at radius 1 is 1.00 bits per heavy atom. The number of rotatable bonds is 5. The summed E-state index contributed by atoms with van der Waals surface area (Å²) >= 11 is 0. The number of nitrogens with one attached hydrogen (secondary N) is 1. The Balaban J connectivity index is 1.46. The van der Waals surface area contributed by atoms with Gasteiger partial charge in [-0.1, -0.05) is 19.3 Å². The highest BCUT2D eigenvalue weighted by atomic mass is 32.2. The summed E-state index contributed by atoms with van der Waals surface area (Å²) in [6, 6.07) is 11.2. The fourth-order valence-electron chi connectivity index (χ4n) is 3.76. The van der Waals surface area contributed by atoms with Gasteiger partial charge in [-0.2, -0.15) is 4.31 Å². The third-order valence-corrected chi connectivity index (χ3v) is 7.44. The summed E-state index contributed by atoms with van der Waals surface area (Å²) in [4.78, 5) is 12.7. The molecule has 0 spiro atoms. The number of benzene rings is 2. The molecule has 1 N–H and O–H groups in total. The van der Waals surface area contributed by atoms with Crippen LogP contribution in [0, 0.1) is 0 Å². The van der Waals surface area contributed by atoms with E-state index in [1.54, 1.807) is 25.2 Å². The SMILES string of the molecule is CN(C1CCCCC1)S(=O)(=O)c1ccc(C(=O)Nc2ccc3c(c2)OCO3)cc1. The Bertz CT molecular complexity index is 998. The molecule has 1 heterocycles. The molecule has 154 valence electrons. The molecule has 0 saturated heterocycles. The van der Waals surface area contributed by atoms with Gasteiger partial charge < -0.3 is 14.8 Å².